The van der Waals surface area contributed by atoms with Gasteiger partial charge in [0.25, 0.3) is 0 Å². The lowest BCUT2D eigenvalue weighted by Gasteiger charge is -2.14. The smallest absolute Gasteiger partial charge is 0.132 e. The van der Waals surface area contributed by atoms with E-state index in [4.69, 9.17) is 21.3 Å². The maximum Gasteiger partial charge on any atom is 0.132 e. The van der Waals surface area contributed by atoms with Crippen LogP contribution in [0.5, 0.6) is 0 Å². The Morgan fingerprint density at radius 2 is 2.11 bits per heavy atom. The van der Waals surface area contributed by atoms with Crippen molar-refractivity contribution in [2.45, 2.75) is 26.8 Å². The highest BCUT2D eigenvalue weighted by molar-refractivity contribution is 6.29. The molecule has 0 radical (unpaired) electrons. The van der Waals surface area contributed by atoms with Gasteiger partial charge in [0.1, 0.15) is 22.5 Å². The van der Waals surface area contributed by atoms with Gasteiger partial charge >= 0.3 is 0 Å². The molecule has 2 aromatic heterocycles. The monoisotopic (exact) mass is 275 g/mol. The molecule has 1 unspecified atom stereocenters. The molecule has 2 heterocycles. The third-order valence-electron chi connectivity index (χ3n) is 2.83. The van der Waals surface area contributed by atoms with Crippen LogP contribution in [0.15, 0.2) is 22.6 Å². The summed E-state index contributed by atoms with van der Waals surface area (Å²) in [6, 6.07) is 7.27. The number of aromatic nitrogens is 1. The molecule has 4 nitrogen and oxygen atoms in total. The third kappa shape index (κ3) is 3.07. The molecule has 0 aliphatic rings. The molecule has 0 aliphatic heterocycles. The molecule has 1 N–H and O–H groups in total. The van der Waals surface area contributed by atoms with E-state index in [1.54, 1.807) is 6.07 Å². The highest BCUT2D eigenvalue weighted by Gasteiger charge is 2.13. The van der Waals surface area contributed by atoms with Gasteiger partial charge in [-0.3, -0.25) is 0 Å². The van der Waals surface area contributed by atoms with Gasteiger partial charge in [0.2, 0.25) is 0 Å². The fourth-order valence-corrected chi connectivity index (χ4v) is 2.22. The van der Waals surface area contributed by atoms with Crippen molar-refractivity contribution >= 4 is 17.4 Å². The van der Waals surface area contributed by atoms with Crippen LogP contribution in [0.3, 0.4) is 0 Å². The highest BCUT2D eigenvalue weighted by Crippen LogP contribution is 2.25. The standard InChI is InChI=1S/C14H14ClN3O/c1-8-4-12(10(3)19-8)9(2)17-14-6-11(7-16)5-13(15)18-14/h4-6,9H,1-3H3,(H,17,18). The van der Waals surface area contributed by atoms with Crippen LogP contribution in [0, 0.1) is 25.2 Å². The second-order valence-electron chi connectivity index (χ2n) is 4.41. The van der Waals surface area contributed by atoms with Crippen molar-refractivity contribution in [1.82, 2.24) is 4.98 Å². The minimum atomic E-state index is 0.0231. The number of rotatable bonds is 3. The number of nitrogens with zero attached hydrogens (tertiary/aromatic N) is 2. The van der Waals surface area contributed by atoms with E-state index < -0.39 is 0 Å². The summed E-state index contributed by atoms with van der Waals surface area (Å²) in [5.41, 5.74) is 1.55. The Bertz CT molecular complexity index is 643. The molecular weight excluding hydrogens is 262 g/mol. The molecule has 2 rings (SSSR count). The molecule has 0 fully saturated rings. The molecule has 1 atom stereocenters. The largest absolute Gasteiger partial charge is 0.466 e. The van der Waals surface area contributed by atoms with E-state index in [1.165, 1.54) is 6.07 Å². The average Bonchev–Trinajstić information content (AvgIpc) is 2.67. The second kappa shape index (κ2) is 5.33. The zero-order valence-electron chi connectivity index (χ0n) is 11.0. The second-order valence-corrected chi connectivity index (χ2v) is 4.80. The summed E-state index contributed by atoms with van der Waals surface area (Å²) in [5.74, 6) is 2.33. The zero-order valence-corrected chi connectivity index (χ0v) is 11.7. The topological polar surface area (TPSA) is 61.9 Å². The van der Waals surface area contributed by atoms with Crippen LogP contribution < -0.4 is 5.32 Å². The summed E-state index contributed by atoms with van der Waals surface area (Å²) in [6.45, 7) is 5.84. The van der Waals surface area contributed by atoms with Crippen LogP contribution in [0.4, 0.5) is 5.82 Å². The first-order valence-electron chi connectivity index (χ1n) is 5.90. The SMILES string of the molecule is Cc1cc(C(C)Nc2cc(C#N)cc(Cl)n2)c(C)o1. The van der Waals surface area contributed by atoms with E-state index in [-0.39, 0.29) is 6.04 Å². The van der Waals surface area contributed by atoms with E-state index in [0.29, 0.717) is 16.5 Å². The number of anilines is 1. The lowest BCUT2D eigenvalue weighted by Crippen LogP contribution is -2.08. The average molecular weight is 276 g/mol. The minimum Gasteiger partial charge on any atom is -0.466 e. The lowest BCUT2D eigenvalue weighted by molar-refractivity contribution is 0.500. The van der Waals surface area contributed by atoms with Crippen molar-refractivity contribution < 1.29 is 4.42 Å². The molecule has 98 valence electrons. The first-order valence-corrected chi connectivity index (χ1v) is 6.28. The molecule has 0 saturated heterocycles. The number of nitriles is 1. The molecule has 0 amide bonds. The summed E-state index contributed by atoms with van der Waals surface area (Å²) in [4.78, 5) is 4.16. The first kappa shape index (κ1) is 13.4. The number of hydrogen-bond acceptors (Lipinski definition) is 4. The van der Waals surface area contributed by atoms with Crippen LogP contribution in [-0.2, 0) is 0 Å². The number of halogens is 1. The Kier molecular flexibility index (Phi) is 3.77. The molecule has 0 spiro atoms. The molecular formula is C14H14ClN3O. The molecule has 0 saturated carbocycles. The number of hydrogen-bond donors (Lipinski definition) is 1. The maximum absolute atomic E-state index is 8.91. The number of furan rings is 1. The zero-order chi connectivity index (χ0) is 14.0. The van der Waals surface area contributed by atoms with E-state index in [0.717, 1.165) is 17.1 Å². The van der Waals surface area contributed by atoms with Crippen molar-refractivity contribution in [3.05, 3.63) is 46.0 Å². The minimum absolute atomic E-state index is 0.0231. The van der Waals surface area contributed by atoms with Crippen LogP contribution in [0.2, 0.25) is 5.15 Å². The molecule has 0 bridgehead atoms. The molecule has 0 aromatic carbocycles. The predicted molar refractivity (Wildman–Crippen MR) is 74.2 cm³/mol. The van der Waals surface area contributed by atoms with Crippen LogP contribution in [0.25, 0.3) is 0 Å². The fourth-order valence-electron chi connectivity index (χ4n) is 2.02. The quantitative estimate of drug-likeness (QED) is 0.861. The van der Waals surface area contributed by atoms with Crippen LogP contribution in [0.1, 0.15) is 35.6 Å². The van der Waals surface area contributed by atoms with Crippen LogP contribution in [-0.4, -0.2) is 4.98 Å². The number of nitrogens with one attached hydrogen (secondary N) is 1. The van der Waals surface area contributed by atoms with Gasteiger partial charge in [-0.25, -0.2) is 4.98 Å². The van der Waals surface area contributed by atoms with Gasteiger partial charge in [-0.1, -0.05) is 11.6 Å². The molecule has 5 heteroatoms. The predicted octanol–water partition coefficient (Wildman–Crippen LogP) is 3.99. The molecule has 19 heavy (non-hydrogen) atoms. The van der Waals surface area contributed by atoms with Gasteiger partial charge < -0.3 is 9.73 Å². The van der Waals surface area contributed by atoms with Crippen LogP contribution >= 0.6 is 11.6 Å². The van der Waals surface area contributed by atoms with Gasteiger partial charge in [-0.05, 0) is 39.0 Å². The summed E-state index contributed by atoms with van der Waals surface area (Å²) in [6.07, 6.45) is 0. The Hall–Kier alpha value is -1.99. The van der Waals surface area contributed by atoms with Crippen molar-refractivity contribution in [3.8, 4) is 6.07 Å². The Morgan fingerprint density at radius 1 is 1.37 bits per heavy atom. The molecule has 0 aliphatic carbocycles. The first-order chi connectivity index (χ1) is 8.99. The Labute approximate surface area is 117 Å². The van der Waals surface area contributed by atoms with Gasteiger partial charge in [0.05, 0.1) is 17.7 Å². The normalized spacial score (nSPS) is 11.9. The maximum atomic E-state index is 8.91. The van der Waals surface area contributed by atoms with E-state index in [9.17, 15) is 0 Å². The van der Waals surface area contributed by atoms with Crippen molar-refractivity contribution in [1.29, 1.82) is 5.26 Å². The summed E-state index contributed by atoms with van der Waals surface area (Å²) < 4.78 is 5.50. The highest BCUT2D eigenvalue weighted by atomic mass is 35.5. The van der Waals surface area contributed by atoms with Crippen molar-refractivity contribution in [2.24, 2.45) is 0 Å². The third-order valence-corrected chi connectivity index (χ3v) is 3.03. The van der Waals surface area contributed by atoms with E-state index >= 15 is 0 Å². The Balaban J connectivity index is 2.24. The summed E-state index contributed by atoms with van der Waals surface area (Å²) >= 11 is 5.87. The van der Waals surface area contributed by atoms with E-state index in [2.05, 4.69) is 16.4 Å². The molecule has 2 aromatic rings. The summed E-state index contributed by atoms with van der Waals surface area (Å²) in [7, 11) is 0. The van der Waals surface area contributed by atoms with Gasteiger partial charge in [0.15, 0.2) is 0 Å². The van der Waals surface area contributed by atoms with E-state index in [1.807, 2.05) is 26.8 Å². The van der Waals surface area contributed by atoms with Gasteiger partial charge in [0, 0.05) is 5.56 Å². The lowest BCUT2D eigenvalue weighted by atomic mass is 10.1. The number of aryl methyl sites for hydroxylation is 2. The number of pyridine rings is 1. The fraction of sp³-hybridized carbons (Fsp3) is 0.286. The van der Waals surface area contributed by atoms with Crippen molar-refractivity contribution in [2.75, 3.05) is 5.32 Å². The van der Waals surface area contributed by atoms with Gasteiger partial charge in [-0.15, -0.1) is 0 Å². The Morgan fingerprint density at radius 3 is 2.68 bits per heavy atom. The summed E-state index contributed by atoms with van der Waals surface area (Å²) in [5, 5.41) is 12.4. The van der Waals surface area contributed by atoms with Crippen molar-refractivity contribution in [3.63, 3.8) is 0 Å². The van der Waals surface area contributed by atoms with Gasteiger partial charge in [-0.2, -0.15) is 5.26 Å².